The number of aromatic nitrogens is 3. The molecule has 1 heterocycles. The summed E-state index contributed by atoms with van der Waals surface area (Å²) < 4.78 is 0.956. The molecule has 0 fully saturated rings. The van der Waals surface area contributed by atoms with Crippen molar-refractivity contribution in [2.75, 3.05) is 16.9 Å². The highest BCUT2D eigenvalue weighted by molar-refractivity contribution is 7.99. The van der Waals surface area contributed by atoms with Crippen LogP contribution in [0.1, 0.15) is 27.9 Å². The molecule has 29 heavy (non-hydrogen) atoms. The number of aryl methyl sites for hydroxylation is 2. The zero-order valence-electron chi connectivity index (χ0n) is 16.6. The van der Waals surface area contributed by atoms with Gasteiger partial charge in [0.1, 0.15) is 5.69 Å². The van der Waals surface area contributed by atoms with Gasteiger partial charge in [0.2, 0.25) is 11.1 Å². The Labute approximate surface area is 173 Å². The second kappa shape index (κ2) is 8.91. The third-order valence-electron chi connectivity index (χ3n) is 4.67. The summed E-state index contributed by atoms with van der Waals surface area (Å²) in [6.07, 6.45) is 0.357. The van der Waals surface area contributed by atoms with Gasteiger partial charge in [0.15, 0.2) is 0 Å². The lowest BCUT2D eigenvalue weighted by Gasteiger charge is -2.10. The van der Waals surface area contributed by atoms with E-state index in [9.17, 15) is 9.59 Å². The largest absolute Gasteiger partial charge is 0.334 e. The number of nitrogens with one attached hydrogen (secondary N) is 1. The van der Waals surface area contributed by atoms with E-state index in [1.807, 2.05) is 63.2 Å². The van der Waals surface area contributed by atoms with Gasteiger partial charge in [-0.3, -0.25) is 9.59 Å². The van der Waals surface area contributed by atoms with Crippen molar-refractivity contribution in [3.8, 4) is 0 Å². The average Bonchev–Trinajstić information content (AvgIpc) is 2.70. The molecule has 3 rings (SSSR count). The molecule has 0 saturated carbocycles. The van der Waals surface area contributed by atoms with Crippen LogP contribution in [-0.4, -0.2) is 26.5 Å². The summed E-state index contributed by atoms with van der Waals surface area (Å²) in [4.78, 5) is 24.7. The van der Waals surface area contributed by atoms with Gasteiger partial charge in [-0.25, -0.2) is 0 Å². The number of carbonyl (C=O) groups is 1. The Morgan fingerprint density at radius 3 is 2.55 bits per heavy atom. The van der Waals surface area contributed by atoms with Crippen LogP contribution in [0.25, 0.3) is 0 Å². The minimum absolute atomic E-state index is 0.0650. The smallest absolute Gasteiger partial charge is 0.294 e. The van der Waals surface area contributed by atoms with Crippen LogP contribution in [0.2, 0.25) is 0 Å². The first-order valence-electron chi connectivity index (χ1n) is 9.13. The Morgan fingerprint density at radius 1 is 1.10 bits per heavy atom. The van der Waals surface area contributed by atoms with Gasteiger partial charge in [-0.05, 0) is 49.6 Å². The zero-order chi connectivity index (χ0) is 21.0. The summed E-state index contributed by atoms with van der Waals surface area (Å²) in [7, 11) is 0. The Kier molecular flexibility index (Phi) is 6.33. The SMILES string of the molecule is Cc1ccc(NC(=O)CSc2nnc(Cc3cccc(C)c3C)c(=O)n2N)cc1. The van der Waals surface area contributed by atoms with Gasteiger partial charge >= 0.3 is 0 Å². The topological polar surface area (TPSA) is 103 Å². The molecule has 1 amide bonds. The van der Waals surface area contributed by atoms with E-state index in [0.29, 0.717) is 12.1 Å². The van der Waals surface area contributed by atoms with Gasteiger partial charge in [0, 0.05) is 12.1 Å². The monoisotopic (exact) mass is 409 g/mol. The third-order valence-corrected chi connectivity index (χ3v) is 5.61. The van der Waals surface area contributed by atoms with Gasteiger partial charge in [0.05, 0.1) is 5.75 Å². The number of nitrogen functional groups attached to an aromatic ring is 1. The standard InChI is InChI=1S/C21H23N5O2S/c1-13-7-9-17(10-8-13)23-19(27)12-29-21-25-24-18(20(28)26(21)22)11-16-6-4-5-14(2)15(16)3/h4-10H,11-12,22H2,1-3H3,(H,23,27). The predicted molar refractivity (Wildman–Crippen MR) is 116 cm³/mol. The van der Waals surface area contributed by atoms with E-state index in [4.69, 9.17) is 5.84 Å². The third kappa shape index (κ3) is 5.03. The van der Waals surface area contributed by atoms with Crippen molar-refractivity contribution < 1.29 is 4.79 Å². The number of hydrogen-bond donors (Lipinski definition) is 2. The van der Waals surface area contributed by atoms with Crippen molar-refractivity contribution in [2.45, 2.75) is 32.3 Å². The molecule has 3 aromatic rings. The summed E-state index contributed by atoms with van der Waals surface area (Å²) in [5.74, 6) is 5.76. The highest BCUT2D eigenvalue weighted by Gasteiger charge is 2.14. The Morgan fingerprint density at radius 2 is 1.83 bits per heavy atom. The maximum Gasteiger partial charge on any atom is 0.294 e. The highest BCUT2D eigenvalue weighted by Crippen LogP contribution is 2.16. The minimum atomic E-state index is -0.414. The van der Waals surface area contributed by atoms with Gasteiger partial charge < -0.3 is 11.2 Å². The zero-order valence-corrected chi connectivity index (χ0v) is 17.4. The average molecular weight is 410 g/mol. The Bertz CT molecular complexity index is 1090. The van der Waals surface area contributed by atoms with Gasteiger partial charge in [0.25, 0.3) is 5.56 Å². The van der Waals surface area contributed by atoms with Gasteiger partial charge in [-0.15, -0.1) is 10.2 Å². The van der Waals surface area contributed by atoms with Crippen LogP contribution in [0, 0.1) is 20.8 Å². The molecule has 2 aromatic carbocycles. The number of nitrogens with two attached hydrogens (primary N) is 1. The molecule has 0 aliphatic heterocycles. The fourth-order valence-electron chi connectivity index (χ4n) is 2.78. The van der Waals surface area contributed by atoms with E-state index < -0.39 is 5.56 Å². The fourth-order valence-corrected chi connectivity index (χ4v) is 3.43. The summed E-state index contributed by atoms with van der Waals surface area (Å²) in [5, 5.41) is 11.1. The van der Waals surface area contributed by atoms with Crippen LogP contribution in [0.15, 0.2) is 52.4 Å². The molecule has 0 atom stereocenters. The quantitative estimate of drug-likeness (QED) is 0.479. The van der Waals surface area contributed by atoms with Crippen LogP contribution in [0.5, 0.6) is 0 Å². The number of nitrogens with zero attached hydrogens (tertiary/aromatic N) is 3. The number of carbonyl (C=O) groups excluding carboxylic acids is 1. The molecule has 150 valence electrons. The van der Waals surface area contributed by atoms with Crippen LogP contribution in [-0.2, 0) is 11.2 Å². The number of rotatable bonds is 6. The number of benzene rings is 2. The van der Waals surface area contributed by atoms with Gasteiger partial charge in [-0.2, -0.15) is 4.68 Å². The number of anilines is 1. The molecular formula is C21H23N5O2S. The lowest BCUT2D eigenvalue weighted by Crippen LogP contribution is -2.34. The van der Waals surface area contributed by atoms with Crippen molar-refractivity contribution >= 4 is 23.4 Å². The lowest BCUT2D eigenvalue weighted by molar-refractivity contribution is -0.113. The molecule has 0 bridgehead atoms. The molecule has 8 heteroatoms. The first-order chi connectivity index (χ1) is 13.8. The molecule has 0 radical (unpaired) electrons. The number of thioether (sulfide) groups is 1. The van der Waals surface area contributed by atoms with Crippen molar-refractivity contribution in [1.29, 1.82) is 0 Å². The lowest BCUT2D eigenvalue weighted by atomic mass is 10.00. The van der Waals surface area contributed by atoms with Crippen LogP contribution in [0.4, 0.5) is 5.69 Å². The number of hydrogen-bond acceptors (Lipinski definition) is 6. The highest BCUT2D eigenvalue weighted by atomic mass is 32.2. The molecular weight excluding hydrogens is 386 g/mol. The van der Waals surface area contributed by atoms with E-state index >= 15 is 0 Å². The molecule has 0 spiro atoms. The van der Waals surface area contributed by atoms with Crippen molar-refractivity contribution in [2.24, 2.45) is 0 Å². The van der Waals surface area contributed by atoms with Crippen molar-refractivity contribution in [3.05, 3.63) is 80.8 Å². The second-order valence-corrected chi connectivity index (χ2v) is 7.79. The minimum Gasteiger partial charge on any atom is -0.334 e. The normalized spacial score (nSPS) is 10.7. The molecule has 0 saturated heterocycles. The van der Waals surface area contributed by atoms with E-state index in [1.54, 1.807) is 0 Å². The van der Waals surface area contributed by atoms with Crippen molar-refractivity contribution in [3.63, 3.8) is 0 Å². The molecule has 7 nitrogen and oxygen atoms in total. The van der Waals surface area contributed by atoms with Crippen LogP contribution in [0.3, 0.4) is 0 Å². The Balaban J connectivity index is 1.67. The fraction of sp³-hybridized carbons (Fsp3) is 0.238. The molecule has 1 aromatic heterocycles. The molecule has 3 N–H and O–H groups in total. The van der Waals surface area contributed by atoms with E-state index in [2.05, 4.69) is 15.5 Å². The number of amides is 1. The predicted octanol–water partition coefficient (Wildman–Crippen LogP) is 2.60. The van der Waals surface area contributed by atoms with Crippen LogP contribution >= 0.6 is 11.8 Å². The maximum atomic E-state index is 12.6. The van der Waals surface area contributed by atoms with Crippen molar-refractivity contribution in [1.82, 2.24) is 14.9 Å². The maximum absolute atomic E-state index is 12.6. The first-order valence-corrected chi connectivity index (χ1v) is 10.1. The summed E-state index contributed by atoms with van der Waals surface area (Å²) >= 11 is 1.06. The van der Waals surface area contributed by atoms with E-state index in [1.165, 1.54) is 0 Å². The molecule has 0 aliphatic rings. The summed E-state index contributed by atoms with van der Waals surface area (Å²) in [6.45, 7) is 6.01. The van der Waals surface area contributed by atoms with Crippen LogP contribution < -0.4 is 16.7 Å². The van der Waals surface area contributed by atoms with E-state index in [0.717, 1.165) is 38.7 Å². The molecule has 0 unspecified atom stereocenters. The molecule has 0 aliphatic carbocycles. The van der Waals surface area contributed by atoms with Gasteiger partial charge in [-0.1, -0.05) is 47.7 Å². The van der Waals surface area contributed by atoms with E-state index in [-0.39, 0.29) is 22.5 Å². The first kappa shape index (κ1) is 20.6. The second-order valence-electron chi connectivity index (χ2n) is 6.84. The summed E-state index contributed by atoms with van der Waals surface area (Å²) in [5.41, 5.74) is 4.95. The summed E-state index contributed by atoms with van der Waals surface area (Å²) in [6, 6.07) is 13.4. The Hall–Kier alpha value is -3.13.